The first kappa shape index (κ1) is 23.1. The van der Waals surface area contributed by atoms with Gasteiger partial charge in [-0.1, -0.05) is 26.0 Å². The van der Waals surface area contributed by atoms with E-state index in [9.17, 15) is 4.39 Å². The molecule has 1 saturated heterocycles. The zero-order valence-electron chi connectivity index (χ0n) is 16.3. The van der Waals surface area contributed by atoms with Crippen molar-refractivity contribution < 1.29 is 4.39 Å². The predicted molar refractivity (Wildman–Crippen MR) is 118 cm³/mol. The second kappa shape index (κ2) is 11.7. The molecule has 0 bridgehead atoms. The Labute approximate surface area is 174 Å². The summed E-state index contributed by atoms with van der Waals surface area (Å²) in [6.45, 7) is 10.5. The summed E-state index contributed by atoms with van der Waals surface area (Å²) >= 11 is 0. The molecule has 5 nitrogen and oxygen atoms in total. The van der Waals surface area contributed by atoms with Crippen molar-refractivity contribution in [3.63, 3.8) is 0 Å². The van der Waals surface area contributed by atoms with Crippen LogP contribution in [0, 0.1) is 11.7 Å². The van der Waals surface area contributed by atoms with Gasteiger partial charge in [0.2, 0.25) is 0 Å². The third-order valence-corrected chi connectivity index (χ3v) is 4.85. The maximum atomic E-state index is 13.0. The minimum absolute atomic E-state index is 0. The Bertz CT molecular complexity index is 541. The van der Waals surface area contributed by atoms with Crippen molar-refractivity contribution in [3.05, 3.63) is 35.6 Å². The largest absolute Gasteiger partial charge is 0.355 e. The molecule has 0 aromatic heterocycles. The summed E-state index contributed by atoms with van der Waals surface area (Å²) in [7, 11) is 3.96. The van der Waals surface area contributed by atoms with Crippen molar-refractivity contribution in [2.24, 2.45) is 10.9 Å². The molecule has 1 aliphatic rings. The minimum atomic E-state index is -0.210. The van der Waals surface area contributed by atoms with E-state index in [1.165, 1.54) is 12.1 Å². The Hall–Kier alpha value is -0.930. The van der Waals surface area contributed by atoms with Crippen LogP contribution in [0.2, 0.25) is 0 Å². The maximum Gasteiger partial charge on any atom is 0.191 e. The molecule has 1 fully saturated rings. The maximum absolute atomic E-state index is 13.0. The van der Waals surface area contributed by atoms with Gasteiger partial charge in [0, 0.05) is 52.4 Å². The van der Waals surface area contributed by atoms with Crippen LogP contribution < -0.4 is 10.6 Å². The van der Waals surface area contributed by atoms with Crippen LogP contribution in [0.1, 0.15) is 19.4 Å². The average Bonchev–Trinajstić information content (AvgIpc) is 2.60. The number of nitrogens with zero attached hydrogens (tertiary/aromatic N) is 3. The molecule has 1 atom stereocenters. The lowest BCUT2D eigenvalue weighted by atomic mass is 10.0. The van der Waals surface area contributed by atoms with E-state index in [4.69, 9.17) is 0 Å². The van der Waals surface area contributed by atoms with Crippen LogP contribution >= 0.6 is 24.0 Å². The molecule has 148 valence electrons. The molecule has 7 heteroatoms. The highest BCUT2D eigenvalue weighted by molar-refractivity contribution is 14.0. The van der Waals surface area contributed by atoms with Crippen LogP contribution in [-0.2, 0) is 6.54 Å². The summed E-state index contributed by atoms with van der Waals surface area (Å²) in [5.41, 5.74) is 1.03. The van der Waals surface area contributed by atoms with Gasteiger partial charge in [-0.25, -0.2) is 4.39 Å². The number of rotatable bonds is 6. The Kier molecular flexibility index (Phi) is 10.4. The molecular formula is C19H33FIN5. The van der Waals surface area contributed by atoms with E-state index in [1.807, 2.05) is 0 Å². The van der Waals surface area contributed by atoms with Crippen molar-refractivity contribution in [2.75, 3.05) is 46.8 Å². The molecule has 0 aliphatic carbocycles. The first-order valence-corrected chi connectivity index (χ1v) is 9.11. The number of hydrogen-bond acceptors (Lipinski definition) is 3. The number of likely N-dealkylation sites (N-methyl/N-ethyl adjacent to an activating group) is 1. The first-order valence-electron chi connectivity index (χ1n) is 9.11. The zero-order chi connectivity index (χ0) is 18.2. The number of hydrogen-bond donors (Lipinski definition) is 2. The number of guanidine groups is 1. The summed E-state index contributed by atoms with van der Waals surface area (Å²) in [4.78, 5) is 9.26. The highest BCUT2D eigenvalue weighted by atomic mass is 127. The van der Waals surface area contributed by atoms with Crippen LogP contribution in [0.15, 0.2) is 29.3 Å². The third kappa shape index (κ3) is 7.36. The normalized spacial score (nSPS) is 17.7. The van der Waals surface area contributed by atoms with E-state index in [2.05, 4.69) is 46.3 Å². The van der Waals surface area contributed by atoms with Gasteiger partial charge in [0.15, 0.2) is 5.96 Å². The van der Waals surface area contributed by atoms with E-state index in [0.717, 1.165) is 44.2 Å². The van der Waals surface area contributed by atoms with Gasteiger partial charge in [-0.05, 0) is 30.7 Å². The molecule has 0 saturated carbocycles. The second-order valence-corrected chi connectivity index (χ2v) is 7.08. The van der Waals surface area contributed by atoms with Crippen molar-refractivity contribution >= 4 is 29.9 Å². The lowest BCUT2D eigenvalue weighted by Gasteiger charge is -2.40. The quantitative estimate of drug-likeness (QED) is 0.375. The van der Waals surface area contributed by atoms with Crippen LogP contribution in [0.3, 0.4) is 0 Å². The van der Waals surface area contributed by atoms with E-state index >= 15 is 0 Å². The van der Waals surface area contributed by atoms with E-state index in [-0.39, 0.29) is 29.8 Å². The van der Waals surface area contributed by atoms with Gasteiger partial charge in [0.1, 0.15) is 5.82 Å². The van der Waals surface area contributed by atoms with Gasteiger partial charge in [0.05, 0.1) is 0 Å². The molecule has 1 unspecified atom stereocenters. The number of piperazine rings is 1. The standard InChI is InChI=1S/C19H32FN5.HI/c1-15(2)18(25-11-9-24(4)10-12-25)14-23-19(21-3)22-13-16-5-7-17(20)8-6-16;/h5-8,15,18H,9-14H2,1-4H3,(H2,21,22,23);1H. The van der Waals surface area contributed by atoms with E-state index in [0.29, 0.717) is 18.5 Å². The molecule has 1 aromatic rings. The summed E-state index contributed by atoms with van der Waals surface area (Å²) in [6.07, 6.45) is 0. The van der Waals surface area contributed by atoms with Crippen molar-refractivity contribution in [1.82, 2.24) is 20.4 Å². The van der Waals surface area contributed by atoms with Gasteiger partial charge in [0.25, 0.3) is 0 Å². The van der Waals surface area contributed by atoms with Crippen LogP contribution in [-0.4, -0.2) is 68.6 Å². The molecule has 26 heavy (non-hydrogen) atoms. The predicted octanol–water partition coefficient (Wildman–Crippen LogP) is 2.38. The van der Waals surface area contributed by atoms with Gasteiger partial charge in [-0.2, -0.15) is 0 Å². The minimum Gasteiger partial charge on any atom is -0.355 e. The fourth-order valence-corrected chi connectivity index (χ4v) is 3.15. The summed E-state index contributed by atoms with van der Waals surface area (Å²) in [5.74, 6) is 1.15. The zero-order valence-corrected chi connectivity index (χ0v) is 18.7. The molecule has 0 radical (unpaired) electrons. The lowest BCUT2D eigenvalue weighted by Crippen LogP contribution is -2.55. The number of benzene rings is 1. The monoisotopic (exact) mass is 477 g/mol. The highest BCUT2D eigenvalue weighted by Crippen LogP contribution is 2.12. The highest BCUT2D eigenvalue weighted by Gasteiger charge is 2.24. The smallest absolute Gasteiger partial charge is 0.191 e. The molecule has 0 spiro atoms. The Morgan fingerprint density at radius 2 is 1.73 bits per heavy atom. The van der Waals surface area contributed by atoms with Crippen LogP contribution in [0.25, 0.3) is 0 Å². The average molecular weight is 477 g/mol. The topological polar surface area (TPSA) is 42.9 Å². The molecule has 2 N–H and O–H groups in total. The third-order valence-electron chi connectivity index (χ3n) is 4.85. The number of halogens is 2. The van der Waals surface area contributed by atoms with Crippen molar-refractivity contribution in [2.45, 2.75) is 26.4 Å². The SMILES string of the molecule is CN=C(NCc1ccc(F)cc1)NCC(C(C)C)N1CCN(C)CC1.I. The van der Waals surface area contributed by atoms with Crippen molar-refractivity contribution in [3.8, 4) is 0 Å². The number of nitrogens with one attached hydrogen (secondary N) is 2. The molecular weight excluding hydrogens is 444 g/mol. The lowest BCUT2D eigenvalue weighted by molar-refractivity contribution is 0.0900. The Balaban J connectivity index is 0.00000338. The fraction of sp³-hybridized carbons (Fsp3) is 0.632. The number of aliphatic imine (C=N–C) groups is 1. The van der Waals surface area contributed by atoms with Gasteiger partial charge >= 0.3 is 0 Å². The Morgan fingerprint density at radius 1 is 1.12 bits per heavy atom. The summed E-state index contributed by atoms with van der Waals surface area (Å²) < 4.78 is 13.0. The second-order valence-electron chi connectivity index (χ2n) is 7.08. The van der Waals surface area contributed by atoms with Crippen LogP contribution in [0.4, 0.5) is 4.39 Å². The molecule has 0 amide bonds. The van der Waals surface area contributed by atoms with Gasteiger partial charge in [-0.3, -0.25) is 9.89 Å². The molecule has 1 aromatic carbocycles. The summed E-state index contributed by atoms with van der Waals surface area (Å²) in [5, 5.41) is 6.75. The fourth-order valence-electron chi connectivity index (χ4n) is 3.15. The first-order chi connectivity index (χ1) is 12.0. The molecule has 1 heterocycles. The van der Waals surface area contributed by atoms with E-state index in [1.54, 1.807) is 19.2 Å². The van der Waals surface area contributed by atoms with Gasteiger partial charge in [-0.15, -0.1) is 24.0 Å². The van der Waals surface area contributed by atoms with Gasteiger partial charge < -0.3 is 15.5 Å². The van der Waals surface area contributed by atoms with Crippen molar-refractivity contribution in [1.29, 1.82) is 0 Å². The molecule has 1 aliphatic heterocycles. The Morgan fingerprint density at radius 3 is 2.27 bits per heavy atom. The molecule has 2 rings (SSSR count). The van der Waals surface area contributed by atoms with E-state index < -0.39 is 0 Å². The van der Waals surface area contributed by atoms with Crippen LogP contribution in [0.5, 0.6) is 0 Å². The summed E-state index contributed by atoms with van der Waals surface area (Å²) in [6, 6.07) is 7.02.